The Kier molecular flexibility index (Phi) is 5.40. The van der Waals surface area contributed by atoms with Crippen molar-refractivity contribution in [1.29, 1.82) is 0 Å². The molecule has 4 rings (SSSR count). The lowest BCUT2D eigenvalue weighted by molar-refractivity contribution is -0.00461. The third-order valence-corrected chi connectivity index (χ3v) is 5.76. The Morgan fingerprint density at radius 2 is 2.00 bits per heavy atom. The lowest BCUT2D eigenvalue weighted by atomic mass is 9.94. The number of likely N-dealkylation sites (tertiary alicyclic amines) is 1. The van der Waals surface area contributed by atoms with Crippen LogP contribution in [-0.2, 0) is 6.54 Å². The first-order chi connectivity index (χ1) is 13.6. The molecule has 1 aliphatic rings. The average molecular weight is 381 g/mol. The third-order valence-electron chi connectivity index (χ3n) is 5.76. The number of hydrogen-bond donors (Lipinski definition) is 2. The minimum atomic E-state index is -0.496. The van der Waals surface area contributed by atoms with Crippen LogP contribution in [0, 0.1) is 12.8 Å². The van der Waals surface area contributed by atoms with Crippen molar-refractivity contribution in [1.82, 2.24) is 4.90 Å². The van der Waals surface area contributed by atoms with E-state index in [0.717, 1.165) is 52.1 Å². The first kappa shape index (κ1) is 19.0. The number of aryl methyl sites for hydroxylation is 1. The van der Waals surface area contributed by atoms with Gasteiger partial charge in [-0.05, 0) is 37.6 Å². The van der Waals surface area contributed by atoms with Crippen molar-refractivity contribution in [2.45, 2.75) is 26.0 Å². The number of nitrogens with zero attached hydrogens (tertiary/aromatic N) is 1. The molecule has 1 saturated heterocycles. The summed E-state index contributed by atoms with van der Waals surface area (Å²) in [6.07, 6.45) is 0.296. The molecule has 0 unspecified atom stereocenters. The van der Waals surface area contributed by atoms with Crippen molar-refractivity contribution in [3.63, 3.8) is 0 Å². The molecule has 5 heteroatoms. The number of benzene rings is 2. The Morgan fingerprint density at radius 1 is 1.21 bits per heavy atom. The maximum absolute atomic E-state index is 10.2. The summed E-state index contributed by atoms with van der Waals surface area (Å²) in [5, 5.41) is 20.6. The Morgan fingerprint density at radius 3 is 2.68 bits per heavy atom. The third kappa shape index (κ3) is 3.53. The molecular formula is C23H27NO4. The molecule has 3 aromatic rings. The summed E-state index contributed by atoms with van der Waals surface area (Å²) in [5.41, 5.74) is 4.11. The van der Waals surface area contributed by atoms with Crippen LogP contribution in [0.25, 0.3) is 22.1 Å². The molecule has 2 atom stereocenters. The number of piperidine rings is 1. The topological polar surface area (TPSA) is 66.1 Å². The van der Waals surface area contributed by atoms with Crippen molar-refractivity contribution in [2.24, 2.45) is 5.92 Å². The molecule has 2 heterocycles. The van der Waals surface area contributed by atoms with Crippen LogP contribution in [0.5, 0.6) is 5.75 Å². The number of β-amino-alcohol motifs (C(OH)–C–C–N with tert-alkyl or cyclic N) is 1. The molecule has 1 aliphatic heterocycles. The molecule has 0 spiro atoms. The second kappa shape index (κ2) is 7.95. The number of ether oxygens (including phenoxy) is 1. The first-order valence-corrected chi connectivity index (χ1v) is 9.77. The predicted octanol–water partition coefficient (Wildman–Crippen LogP) is 3.59. The van der Waals surface area contributed by atoms with E-state index in [0.29, 0.717) is 13.1 Å². The van der Waals surface area contributed by atoms with Gasteiger partial charge < -0.3 is 19.4 Å². The molecule has 0 aliphatic carbocycles. The molecule has 0 amide bonds. The van der Waals surface area contributed by atoms with Crippen LogP contribution in [0.4, 0.5) is 0 Å². The largest absolute Gasteiger partial charge is 0.496 e. The number of methoxy groups -OCH3 is 1. The minimum Gasteiger partial charge on any atom is -0.496 e. The zero-order valence-corrected chi connectivity index (χ0v) is 16.4. The lowest BCUT2D eigenvalue weighted by Gasteiger charge is -2.35. The minimum absolute atomic E-state index is 0.0261. The van der Waals surface area contributed by atoms with E-state index < -0.39 is 6.10 Å². The number of aliphatic hydroxyl groups excluding tert-OH is 2. The van der Waals surface area contributed by atoms with Gasteiger partial charge in [-0.15, -0.1) is 0 Å². The molecular weight excluding hydrogens is 354 g/mol. The summed E-state index contributed by atoms with van der Waals surface area (Å²) in [6.45, 7) is 4.10. The fraction of sp³-hybridized carbons (Fsp3) is 0.391. The Labute approximate surface area is 165 Å². The number of fused-ring (bicyclic) bond motifs is 1. The Bertz CT molecular complexity index is 950. The zero-order valence-electron chi connectivity index (χ0n) is 16.4. The van der Waals surface area contributed by atoms with Gasteiger partial charge >= 0.3 is 0 Å². The Balaban J connectivity index is 1.67. The molecule has 0 saturated carbocycles. The van der Waals surface area contributed by atoms with Gasteiger partial charge in [0.1, 0.15) is 17.1 Å². The summed E-state index contributed by atoms with van der Waals surface area (Å²) < 4.78 is 11.8. The number of rotatable bonds is 5. The van der Waals surface area contributed by atoms with Crippen LogP contribution in [0.2, 0.25) is 0 Å². The molecule has 2 N–H and O–H groups in total. The van der Waals surface area contributed by atoms with E-state index in [9.17, 15) is 10.2 Å². The second-order valence-electron chi connectivity index (χ2n) is 7.59. The number of furan rings is 1. The van der Waals surface area contributed by atoms with Gasteiger partial charge in [0.25, 0.3) is 0 Å². The van der Waals surface area contributed by atoms with Gasteiger partial charge in [-0.1, -0.05) is 30.3 Å². The molecule has 5 nitrogen and oxygen atoms in total. The number of hydrogen-bond acceptors (Lipinski definition) is 5. The fourth-order valence-electron chi connectivity index (χ4n) is 4.21. The van der Waals surface area contributed by atoms with Gasteiger partial charge in [0.05, 0.1) is 13.2 Å². The standard InChI is InChI=1S/C23H27NO4/c1-15-23(16-6-4-3-5-7-16)19-11-21(27-2)18(10-22(19)28-15)12-24-9-8-17(14-25)20(26)13-24/h3-7,10-11,17,20,25-26H,8-9,12-14H2,1-2H3/t17-,20+/m1/s1. The van der Waals surface area contributed by atoms with E-state index >= 15 is 0 Å². The first-order valence-electron chi connectivity index (χ1n) is 9.77. The van der Waals surface area contributed by atoms with Crippen molar-refractivity contribution in [2.75, 3.05) is 26.8 Å². The molecule has 0 bridgehead atoms. The van der Waals surface area contributed by atoms with E-state index in [1.54, 1.807) is 7.11 Å². The van der Waals surface area contributed by atoms with E-state index in [4.69, 9.17) is 9.15 Å². The van der Waals surface area contributed by atoms with Gasteiger partial charge in [-0.25, -0.2) is 0 Å². The van der Waals surface area contributed by atoms with E-state index in [-0.39, 0.29) is 12.5 Å². The summed E-state index contributed by atoms with van der Waals surface area (Å²) in [7, 11) is 1.69. The highest BCUT2D eigenvalue weighted by molar-refractivity contribution is 5.97. The van der Waals surface area contributed by atoms with Gasteiger partial charge in [0, 0.05) is 42.1 Å². The normalized spacial score (nSPS) is 20.6. The second-order valence-corrected chi connectivity index (χ2v) is 7.59. The highest BCUT2D eigenvalue weighted by Crippen LogP contribution is 2.38. The summed E-state index contributed by atoms with van der Waals surface area (Å²) >= 11 is 0. The van der Waals surface area contributed by atoms with Crippen molar-refractivity contribution in [3.05, 3.63) is 53.8 Å². The summed E-state index contributed by atoms with van der Waals surface area (Å²) in [5.74, 6) is 1.69. The van der Waals surface area contributed by atoms with Crippen LogP contribution in [-0.4, -0.2) is 48.0 Å². The highest BCUT2D eigenvalue weighted by Gasteiger charge is 2.28. The maximum Gasteiger partial charge on any atom is 0.135 e. The van der Waals surface area contributed by atoms with Crippen LogP contribution in [0.1, 0.15) is 17.7 Å². The predicted molar refractivity (Wildman–Crippen MR) is 109 cm³/mol. The van der Waals surface area contributed by atoms with Crippen LogP contribution >= 0.6 is 0 Å². The molecule has 148 valence electrons. The number of aliphatic hydroxyl groups is 2. The monoisotopic (exact) mass is 381 g/mol. The van der Waals surface area contributed by atoms with E-state index in [1.807, 2.05) is 25.1 Å². The van der Waals surface area contributed by atoms with Gasteiger partial charge in [0.2, 0.25) is 0 Å². The van der Waals surface area contributed by atoms with E-state index in [2.05, 4.69) is 29.2 Å². The van der Waals surface area contributed by atoms with Crippen molar-refractivity contribution < 1.29 is 19.4 Å². The Hall–Kier alpha value is -2.34. The fourth-order valence-corrected chi connectivity index (χ4v) is 4.21. The quantitative estimate of drug-likeness (QED) is 0.707. The summed E-state index contributed by atoms with van der Waals surface area (Å²) in [4.78, 5) is 2.20. The van der Waals surface area contributed by atoms with Crippen molar-refractivity contribution in [3.8, 4) is 16.9 Å². The van der Waals surface area contributed by atoms with Gasteiger partial charge in [-0.3, -0.25) is 4.90 Å². The van der Waals surface area contributed by atoms with Crippen molar-refractivity contribution >= 4 is 11.0 Å². The zero-order chi connectivity index (χ0) is 19.7. The van der Waals surface area contributed by atoms with Crippen LogP contribution in [0.15, 0.2) is 46.9 Å². The average Bonchev–Trinajstić information content (AvgIpc) is 3.02. The molecule has 28 heavy (non-hydrogen) atoms. The molecule has 1 fully saturated rings. The smallest absolute Gasteiger partial charge is 0.135 e. The van der Waals surface area contributed by atoms with E-state index in [1.165, 1.54) is 0 Å². The SMILES string of the molecule is COc1cc2c(-c3ccccc3)c(C)oc2cc1CN1CC[C@H](CO)[C@@H](O)C1. The van der Waals surface area contributed by atoms with Gasteiger partial charge in [0.15, 0.2) is 0 Å². The maximum atomic E-state index is 10.2. The molecule has 2 aromatic carbocycles. The molecule has 1 aromatic heterocycles. The van der Waals surface area contributed by atoms with Crippen LogP contribution in [0.3, 0.4) is 0 Å². The summed E-state index contributed by atoms with van der Waals surface area (Å²) in [6, 6.07) is 14.3. The lowest BCUT2D eigenvalue weighted by Crippen LogP contribution is -2.44. The van der Waals surface area contributed by atoms with Gasteiger partial charge in [-0.2, -0.15) is 0 Å². The molecule has 0 radical (unpaired) electrons. The highest BCUT2D eigenvalue weighted by atomic mass is 16.5. The van der Waals surface area contributed by atoms with Crippen LogP contribution < -0.4 is 4.74 Å².